The first kappa shape index (κ1) is 17.6. The van der Waals surface area contributed by atoms with Gasteiger partial charge in [0.05, 0.1) is 6.20 Å². The summed E-state index contributed by atoms with van der Waals surface area (Å²) in [4.78, 5) is 19.2. The molecule has 6 heteroatoms. The first-order chi connectivity index (χ1) is 12.2. The lowest BCUT2D eigenvalue weighted by Gasteiger charge is -2.22. The van der Waals surface area contributed by atoms with Gasteiger partial charge in [-0.2, -0.15) is 5.10 Å². The Morgan fingerprint density at radius 1 is 1.32 bits per heavy atom. The van der Waals surface area contributed by atoms with Gasteiger partial charge in [-0.3, -0.25) is 4.79 Å². The Morgan fingerprint density at radius 3 is 2.92 bits per heavy atom. The molecule has 0 spiro atoms. The highest BCUT2D eigenvalue weighted by molar-refractivity contribution is 5.99. The summed E-state index contributed by atoms with van der Waals surface area (Å²) >= 11 is 0. The topological polar surface area (TPSA) is 70.7 Å². The fraction of sp³-hybridized carbons (Fsp3) is 0.526. The number of amides is 1. The van der Waals surface area contributed by atoms with Crippen LogP contribution < -0.4 is 0 Å². The molecule has 2 aromatic heterocycles. The van der Waals surface area contributed by atoms with Gasteiger partial charge in [-0.05, 0) is 51.0 Å². The molecular weight excluding hydrogens is 316 g/mol. The van der Waals surface area contributed by atoms with Crippen molar-refractivity contribution in [2.75, 3.05) is 19.7 Å². The number of aromatic nitrogens is 3. The van der Waals surface area contributed by atoms with E-state index in [0.29, 0.717) is 24.2 Å². The largest absolute Gasteiger partial charge is 0.396 e. The number of hydrogen-bond acceptors (Lipinski definition) is 4. The van der Waals surface area contributed by atoms with E-state index >= 15 is 0 Å². The first-order valence-electron chi connectivity index (χ1n) is 9.13. The van der Waals surface area contributed by atoms with Crippen LogP contribution in [-0.2, 0) is 6.42 Å². The predicted molar refractivity (Wildman–Crippen MR) is 96.5 cm³/mol. The summed E-state index contributed by atoms with van der Waals surface area (Å²) in [7, 11) is 0. The van der Waals surface area contributed by atoms with Crippen molar-refractivity contribution >= 4 is 11.6 Å². The van der Waals surface area contributed by atoms with Crippen LogP contribution in [0.4, 0.5) is 0 Å². The summed E-state index contributed by atoms with van der Waals surface area (Å²) in [6.45, 7) is 3.48. The molecule has 0 fully saturated rings. The van der Waals surface area contributed by atoms with Crippen molar-refractivity contribution < 1.29 is 9.90 Å². The van der Waals surface area contributed by atoms with Crippen LogP contribution in [0.25, 0.3) is 5.65 Å². The molecule has 0 bridgehead atoms. The molecule has 1 N–H and O–H groups in total. The standard InChI is InChI=1S/C19H26N4O2/c1-2-22(10-8-15-6-4-3-5-7-15)19(25)17-13-21-23-14-16(9-11-24)12-20-18(17)23/h6,12-14,24H,2-5,7-11H2,1H3. The van der Waals surface area contributed by atoms with Gasteiger partial charge in [0.1, 0.15) is 5.56 Å². The molecule has 1 aliphatic rings. The van der Waals surface area contributed by atoms with E-state index in [9.17, 15) is 4.79 Å². The maximum Gasteiger partial charge on any atom is 0.259 e. The quantitative estimate of drug-likeness (QED) is 0.785. The molecule has 3 rings (SSSR count). The van der Waals surface area contributed by atoms with Crippen molar-refractivity contribution in [2.45, 2.75) is 45.4 Å². The summed E-state index contributed by atoms with van der Waals surface area (Å²) in [5, 5.41) is 13.3. The van der Waals surface area contributed by atoms with Crippen LogP contribution in [0, 0.1) is 0 Å². The van der Waals surface area contributed by atoms with Crippen LogP contribution >= 0.6 is 0 Å². The number of allylic oxidation sites excluding steroid dienone is 1. The van der Waals surface area contributed by atoms with Gasteiger partial charge in [0.2, 0.25) is 0 Å². The van der Waals surface area contributed by atoms with Crippen molar-refractivity contribution in [1.82, 2.24) is 19.5 Å². The van der Waals surface area contributed by atoms with Gasteiger partial charge >= 0.3 is 0 Å². The highest BCUT2D eigenvalue weighted by atomic mass is 16.3. The normalized spacial score (nSPS) is 14.6. The van der Waals surface area contributed by atoms with Crippen LogP contribution in [0.15, 0.2) is 30.2 Å². The second kappa shape index (κ2) is 8.25. The van der Waals surface area contributed by atoms with E-state index in [-0.39, 0.29) is 12.5 Å². The lowest BCUT2D eigenvalue weighted by Crippen LogP contribution is -2.32. The summed E-state index contributed by atoms with van der Waals surface area (Å²) < 4.78 is 1.62. The predicted octanol–water partition coefficient (Wildman–Crippen LogP) is 2.62. The van der Waals surface area contributed by atoms with E-state index < -0.39 is 0 Å². The lowest BCUT2D eigenvalue weighted by molar-refractivity contribution is 0.0767. The number of carbonyl (C=O) groups is 1. The van der Waals surface area contributed by atoms with Crippen molar-refractivity contribution in [1.29, 1.82) is 0 Å². The monoisotopic (exact) mass is 342 g/mol. The zero-order chi connectivity index (χ0) is 17.6. The fourth-order valence-electron chi connectivity index (χ4n) is 3.31. The third kappa shape index (κ3) is 4.07. The number of rotatable bonds is 7. The fourth-order valence-corrected chi connectivity index (χ4v) is 3.31. The lowest BCUT2D eigenvalue weighted by atomic mass is 9.97. The van der Waals surface area contributed by atoms with Crippen molar-refractivity contribution in [3.8, 4) is 0 Å². The molecular formula is C19H26N4O2. The third-order valence-corrected chi connectivity index (χ3v) is 4.80. The molecule has 6 nitrogen and oxygen atoms in total. The minimum Gasteiger partial charge on any atom is -0.396 e. The maximum absolute atomic E-state index is 12.9. The van der Waals surface area contributed by atoms with Crippen LogP contribution in [0.3, 0.4) is 0 Å². The zero-order valence-electron chi connectivity index (χ0n) is 14.8. The van der Waals surface area contributed by atoms with Crippen LogP contribution in [0.1, 0.15) is 54.9 Å². The average Bonchev–Trinajstić information content (AvgIpc) is 3.06. The summed E-state index contributed by atoms with van der Waals surface area (Å²) in [5.41, 5.74) is 3.48. The van der Waals surface area contributed by atoms with Gasteiger partial charge < -0.3 is 10.0 Å². The highest BCUT2D eigenvalue weighted by Gasteiger charge is 2.20. The minimum absolute atomic E-state index is 0.0173. The Bertz CT molecular complexity index is 766. The molecule has 0 unspecified atom stereocenters. The highest BCUT2D eigenvalue weighted by Crippen LogP contribution is 2.21. The van der Waals surface area contributed by atoms with Gasteiger partial charge in [-0.25, -0.2) is 9.50 Å². The van der Waals surface area contributed by atoms with Crippen molar-refractivity contribution in [3.05, 3.63) is 41.4 Å². The van der Waals surface area contributed by atoms with Gasteiger partial charge in [0.25, 0.3) is 5.91 Å². The molecule has 2 aromatic rings. The Labute approximate surface area is 148 Å². The molecule has 1 amide bonds. The number of nitrogens with zero attached hydrogens (tertiary/aromatic N) is 4. The average molecular weight is 342 g/mol. The Hall–Kier alpha value is -2.21. The first-order valence-corrected chi connectivity index (χ1v) is 9.13. The molecule has 0 saturated carbocycles. The summed E-state index contributed by atoms with van der Waals surface area (Å²) in [6, 6.07) is 0. The van der Waals surface area contributed by atoms with Crippen LogP contribution in [0.5, 0.6) is 0 Å². The SMILES string of the molecule is CCN(CCC1=CCCCC1)C(=O)c1cnn2cc(CCO)cnc12. The molecule has 0 aliphatic heterocycles. The van der Waals surface area contributed by atoms with Gasteiger partial charge in [-0.15, -0.1) is 0 Å². The van der Waals surface area contributed by atoms with E-state index in [1.807, 2.05) is 18.0 Å². The number of carbonyl (C=O) groups excluding carboxylic acids is 1. The Kier molecular flexibility index (Phi) is 5.81. The molecule has 0 saturated heterocycles. The van der Waals surface area contributed by atoms with Gasteiger partial charge in [0, 0.05) is 32.1 Å². The van der Waals surface area contributed by atoms with E-state index in [1.54, 1.807) is 16.9 Å². The van der Waals surface area contributed by atoms with Crippen molar-refractivity contribution in [3.63, 3.8) is 0 Å². The van der Waals surface area contributed by atoms with Crippen LogP contribution in [-0.4, -0.2) is 50.2 Å². The summed E-state index contributed by atoms with van der Waals surface area (Å²) in [5.74, 6) is -0.0173. The van der Waals surface area contributed by atoms with E-state index in [0.717, 1.165) is 24.9 Å². The van der Waals surface area contributed by atoms with Gasteiger partial charge in [-0.1, -0.05) is 11.6 Å². The molecule has 2 heterocycles. The van der Waals surface area contributed by atoms with E-state index in [4.69, 9.17) is 5.11 Å². The molecule has 0 atom stereocenters. The number of fused-ring (bicyclic) bond motifs is 1. The third-order valence-electron chi connectivity index (χ3n) is 4.80. The van der Waals surface area contributed by atoms with E-state index in [2.05, 4.69) is 16.2 Å². The summed E-state index contributed by atoms with van der Waals surface area (Å²) in [6.07, 6.45) is 13.8. The van der Waals surface area contributed by atoms with E-state index in [1.165, 1.54) is 24.8 Å². The minimum atomic E-state index is -0.0173. The molecule has 134 valence electrons. The van der Waals surface area contributed by atoms with Gasteiger partial charge in [0.15, 0.2) is 5.65 Å². The maximum atomic E-state index is 12.9. The van der Waals surface area contributed by atoms with Crippen molar-refractivity contribution in [2.24, 2.45) is 0 Å². The molecule has 0 aromatic carbocycles. The second-order valence-electron chi connectivity index (χ2n) is 6.51. The molecule has 0 radical (unpaired) electrons. The Morgan fingerprint density at radius 2 is 2.20 bits per heavy atom. The number of aliphatic hydroxyl groups excluding tert-OH is 1. The zero-order valence-corrected chi connectivity index (χ0v) is 14.8. The number of hydrogen-bond donors (Lipinski definition) is 1. The number of aliphatic hydroxyl groups is 1. The molecule has 25 heavy (non-hydrogen) atoms. The Balaban J connectivity index is 1.73. The van der Waals surface area contributed by atoms with Crippen LogP contribution in [0.2, 0.25) is 0 Å². The molecule has 1 aliphatic carbocycles. The smallest absolute Gasteiger partial charge is 0.259 e. The second-order valence-corrected chi connectivity index (χ2v) is 6.51.